The number of aromatic carboxylic acids is 1. The minimum absolute atomic E-state index is 0.384. The molecule has 39 heavy (non-hydrogen) atoms. The molecule has 8 N–H and O–H groups in total. The van der Waals surface area contributed by atoms with Crippen LogP contribution in [-0.2, 0) is 4.74 Å². The van der Waals surface area contributed by atoms with Crippen LogP contribution in [0.2, 0.25) is 0 Å². The second-order valence-electron chi connectivity index (χ2n) is 10.6. The van der Waals surface area contributed by atoms with Crippen molar-refractivity contribution in [3.8, 4) is 23.0 Å². The first kappa shape index (κ1) is 28.3. The number of benzene rings is 2. The molecule has 2 aromatic carbocycles. The number of phenols is 3. The van der Waals surface area contributed by atoms with Crippen LogP contribution in [0, 0.1) is 0 Å². The normalized spacial score (nSPS) is 33.9. The summed E-state index contributed by atoms with van der Waals surface area (Å²) in [4.78, 5) is 37.9. The number of hydrogen-bond donors (Lipinski definition) is 8. The Kier molecular flexibility index (Phi) is 5.89. The molecule has 2 aliphatic rings. The fraction of sp³-hybridized carbons (Fsp3) is 0.423. The van der Waals surface area contributed by atoms with Gasteiger partial charge < -0.3 is 50.3 Å². The van der Waals surface area contributed by atoms with Crippen molar-refractivity contribution < 1.29 is 64.7 Å². The van der Waals surface area contributed by atoms with Crippen molar-refractivity contribution in [1.29, 1.82) is 0 Å². The first-order valence-electron chi connectivity index (χ1n) is 11.6. The van der Waals surface area contributed by atoms with E-state index in [0.717, 1.165) is 45.9 Å². The van der Waals surface area contributed by atoms with Crippen LogP contribution in [-0.4, -0.2) is 93.2 Å². The summed E-state index contributed by atoms with van der Waals surface area (Å²) >= 11 is 0. The molecular formula is C26H28O13. The molecule has 13 heteroatoms. The second kappa shape index (κ2) is 8.13. The third kappa shape index (κ3) is 3.41. The molecule has 0 amide bonds. The minimum Gasteiger partial charge on any atom is -0.507 e. The number of phenolic OH excluding ortho intramolecular Hbond substituents is 2. The van der Waals surface area contributed by atoms with Crippen molar-refractivity contribution in [3.63, 3.8) is 0 Å². The van der Waals surface area contributed by atoms with E-state index in [2.05, 4.69) is 0 Å². The van der Waals surface area contributed by atoms with Gasteiger partial charge in [-0.3, -0.25) is 9.59 Å². The number of carbonyl (C=O) groups excluding carboxylic acids is 2. The van der Waals surface area contributed by atoms with Gasteiger partial charge in [-0.05, 0) is 45.9 Å². The number of ketones is 2. The summed E-state index contributed by atoms with van der Waals surface area (Å²) in [5, 5.41) is 84.5. The molecule has 13 nitrogen and oxygen atoms in total. The van der Waals surface area contributed by atoms with Crippen molar-refractivity contribution in [3.05, 3.63) is 46.0 Å². The number of ether oxygens (including phenoxy) is 2. The zero-order chi connectivity index (χ0) is 29.7. The molecule has 0 aromatic heterocycles. The summed E-state index contributed by atoms with van der Waals surface area (Å²) in [6.45, 7) is 4.76. The zero-order valence-electron chi connectivity index (χ0n) is 21.6. The van der Waals surface area contributed by atoms with Gasteiger partial charge in [-0.25, -0.2) is 4.79 Å². The topological polar surface area (TPSA) is 232 Å². The number of carboxylic acids is 1. The Morgan fingerprint density at radius 2 is 1.38 bits per heavy atom. The predicted octanol–water partition coefficient (Wildman–Crippen LogP) is 0.406. The lowest BCUT2D eigenvalue weighted by molar-refractivity contribution is -0.441. The van der Waals surface area contributed by atoms with E-state index in [0.29, 0.717) is 0 Å². The Bertz CT molecular complexity index is 1450. The lowest BCUT2D eigenvalue weighted by atomic mass is 9.61. The smallest absolute Gasteiger partial charge is 0.339 e. The molecule has 5 atom stereocenters. The van der Waals surface area contributed by atoms with E-state index in [9.17, 15) is 55.2 Å². The van der Waals surface area contributed by atoms with E-state index < -0.39 is 97.6 Å². The molecule has 0 spiro atoms. The number of carboxylic acid groups (broad SMARTS) is 1. The number of aliphatic hydroxyl groups excluding tert-OH is 1. The van der Waals surface area contributed by atoms with Crippen molar-refractivity contribution in [2.24, 2.45) is 0 Å². The number of rotatable bonds is 4. The van der Waals surface area contributed by atoms with Crippen LogP contribution in [0.1, 0.15) is 76.8 Å². The van der Waals surface area contributed by atoms with Gasteiger partial charge in [0.25, 0.3) is 0 Å². The maximum Gasteiger partial charge on any atom is 0.339 e. The average Bonchev–Trinajstić information content (AvgIpc) is 2.83. The number of hydrogen-bond acceptors (Lipinski definition) is 12. The molecule has 0 radical (unpaired) electrons. The maximum absolute atomic E-state index is 13.3. The lowest BCUT2D eigenvalue weighted by Crippen LogP contribution is -2.85. The summed E-state index contributed by atoms with van der Waals surface area (Å²) in [5.41, 5.74) is -11.8. The molecule has 1 fully saturated rings. The Morgan fingerprint density at radius 3 is 1.92 bits per heavy atom. The number of fused-ring (bicyclic) bond motifs is 2. The van der Waals surface area contributed by atoms with Gasteiger partial charge in [-0.15, -0.1) is 0 Å². The van der Waals surface area contributed by atoms with E-state index in [1.807, 2.05) is 0 Å². The Balaban J connectivity index is 1.89. The molecule has 2 unspecified atom stereocenters. The van der Waals surface area contributed by atoms with Crippen molar-refractivity contribution >= 4 is 17.5 Å². The fourth-order valence-corrected chi connectivity index (χ4v) is 5.11. The largest absolute Gasteiger partial charge is 0.507 e. The van der Waals surface area contributed by atoms with Gasteiger partial charge in [0.1, 0.15) is 28.1 Å². The van der Waals surface area contributed by atoms with E-state index in [1.54, 1.807) is 0 Å². The van der Waals surface area contributed by atoms with Crippen LogP contribution >= 0.6 is 0 Å². The van der Waals surface area contributed by atoms with Gasteiger partial charge in [0.2, 0.25) is 11.5 Å². The highest BCUT2D eigenvalue weighted by Crippen LogP contribution is 2.55. The summed E-state index contributed by atoms with van der Waals surface area (Å²) in [6.07, 6.45) is 0. The zero-order valence-corrected chi connectivity index (χ0v) is 21.6. The van der Waals surface area contributed by atoms with E-state index in [-0.39, 0.29) is 5.56 Å². The molecule has 0 bridgehead atoms. The van der Waals surface area contributed by atoms with E-state index in [1.165, 1.54) is 6.92 Å². The van der Waals surface area contributed by atoms with Crippen LogP contribution in [0.25, 0.3) is 0 Å². The van der Waals surface area contributed by atoms with Gasteiger partial charge >= 0.3 is 5.97 Å². The average molecular weight is 548 g/mol. The molecular weight excluding hydrogens is 520 g/mol. The highest BCUT2D eigenvalue weighted by molar-refractivity contribution is 6.30. The maximum atomic E-state index is 13.3. The van der Waals surface area contributed by atoms with Crippen molar-refractivity contribution in [2.75, 3.05) is 6.61 Å². The number of aromatic hydroxyl groups is 3. The van der Waals surface area contributed by atoms with Crippen LogP contribution in [0.15, 0.2) is 18.2 Å². The molecule has 210 valence electrons. The Labute approximate surface area is 221 Å². The molecule has 1 aliphatic carbocycles. The van der Waals surface area contributed by atoms with Gasteiger partial charge in [-0.1, -0.05) is 0 Å². The highest BCUT2D eigenvalue weighted by atomic mass is 16.7. The predicted molar refractivity (Wildman–Crippen MR) is 129 cm³/mol. The van der Waals surface area contributed by atoms with Crippen molar-refractivity contribution in [1.82, 2.24) is 0 Å². The first-order chi connectivity index (χ1) is 17.7. The van der Waals surface area contributed by atoms with Gasteiger partial charge in [0, 0.05) is 23.6 Å². The molecule has 1 saturated heterocycles. The molecule has 1 aliphatic heterocycles. The van der Waals surface area contributed by atoms with E-state index >= 15 is 0 Å². The van der Waals surface area contributed by atoms with Gasteiger partial charge in [-0.2, -0.15) is 0 Å². The SMILES string of the molecule is CC1(O)[C@@](C)(Oc2cc3c(c(O)c2O)C(=O)c2cc(C(=O)O)c(O)cc2C3=O)OC(C)(CO)[C@@](C)(O)[C@@]1(C)O. The number of aliphatic hydroxyl groups is 4. The standard InChI is InChI=1S/C26H28O13/c1-22(9-27)23(2,35)24(3,36)25(4,37)26(5,39-22)38-15-8-13-16(20(32)19(15)31)18(30)10-6-12(21(33)34)14(28)7-11(10)17(13)29/h6-8,27-28,31-32,35-37H,9H2,1-5H3,(H,33,34)/t22?,23-,24-,25?,26+/m1/s1. The number of carbonyl (C=O) groups is 3. The Morgan fingerprint density at radius 1 is 0.821 bits per heavy atom. The van der Waals surface area contributed by atoms with Crippen molar-refractivity contribution in [2.45, 2.75) is 62.8 Å². The third-order valence-electron chi connectivity index (χ3n) is 8.40. The minimum atomic E-state index is -2.48. The molecule has 0 saturated carbocycles. The summed E-state index contributed by atoms with van der Waals surface area (Å²) in [7, 11) is 0. The first-order valence-corrected chi connectivity index (χ1v) is 11.6. The fourth-order valence-electron chi connectivity index (χ4n) is 5.11. The quantitative estimate of drug-likeness (QED) is 0.207. The third-order valence-corrected chi connectivity index (χ3v) is 8.40. The summed E-state index contributed by atoms with van der Waals surface area (Å²) in [6, 6.07) is 2.42. The van der Waals surface area contributed by atoms with Crippen LogP contribution in [0.4, 0.5) is 0 Å². The molecule has 1 heterocycles. The second-order valence-corrected chi connectivity index (χ2v) is 10.6. The van der Waals surface area contributed by atoms with Crippen LogP contribution in [0.5, 0.6) is 23.0 Å². The van der Waals surface area contributed by atoms with Crippen LogP contribution < -0.4 is 4.74 Å². The van der Waals surface area contributed by atoms with Crippen LogP contribution in [0.3, 0.4) is 0 Å². The van der Waals surface area contributed by atoms with Gasteiger partial charge in [0.15, 0.2) is 28.7 Å². The highest BCUT2D eigenvalue weighted by Gasteiger charge is 2.75. The summed E-state index contributed by atoms with van der Waals surface area (Å²) < 4.78 is 11.6. The van der Waals surface area contributed by atoms with E-state index in [4.69, 9.17) is 9.47 Å². The Hall–Kier alpha value is -3.75. The summed E-state index contributed by atoms with van der Waals surface area (Å²) in [5.74, 6) is -9.58. The monoisotopic (exact) mass is 548 g/mol. The lowest BCUT2D eigenvalue weighted by Gasteiger charge is -2.64. The molecule has 2 aromatic rings. The van der Waals surface area contributed by atoms with Gasteiger partial charge in [0.05, 0.1) is 12.2 Å². The molecule has 4 rings (SSSR count).